The van der Waals surface area contributed by atoms with Gasteiger partial charge < -0.3 is 15.3 Å². The Kier molecular flexibility index (Phi) is 5.62. The smallest absolute Gasteiger partial charge is 0.317 e. The normalized spacial score (nSPS) is 12.3. The molecule has 1 heterocycles. The fourth-order valence-corrected chi connectivity index (χ4v) is 2.85. The minimum atomic E-state index is -0.152. The molecule has 0 aliphatic heterocycles. The minimum Gasteiger partial charge on any atom is -0.395 e. The van der Waals surface area contributed by atoms with Crippen LogP contribution >= 0.6 is 11.3 Å². The number of aliphatic hydroxyl groups is 1. The monoisotopic (exact) mass is 270 g/mol. The van der Waals surface area contributed by atoms with Gasteiger partial charge in [0.25, 0.3) is 0 Å². The van der Waals surface area contributed by atoms with Gasteiger partial charge in [0.05, 0.1) is 12.6 Å². The zero-order valence-electron chi connectivity index (χ0n) is 11.5. The molecule has 0 aromatic carbocycles. The van der Waals surface area contributed by atoms with Crippen molar-refractivity contribution in [1.82, 2.24) is 10.2 Å². The van der Waals surface area contributed by atoms with Crippen molar-refractivity contribution < 1.29 is 9.90 Å². The summed E-state index contributed by atoms with van der Waals surface area (Å²) in [5, 5.41) is 11.7. The summed E-state index contributed by atoms with van der Waals surface area (Å²) in [4.78, 5) is 15.8. The van der Waals surface area contributed by atoms with Crippen molar-refractivity contribution in [3.63, 3.8) is 0 Å². The Morgan fingerprint density at radius 3 is 2.78 bits per heavy atom. The van der Waals surface area contributed by atoms with E-state index in [9.17, 15) is 4.79 Å². The fourth-order valence-electron chi connectivity index (χ4n) is 1.73. The number of rotatable bonds is 5. The van der Waals surface area contributed by atoms with Crippen molar-refractivity contribution in [3.8, 4) is 0 Å². The summed E-state index contributed by atoms with van der Waals surface area (Å²) in [7, 11) is 1.68. The summed E-state index contributed by atoms with van der Waals surface area (Å²) in [6.45, 7) is 6.56. The lowest BCUT2D eigenvalue weighted by Gasteiger charge is -2.19. The topological polar surface area (TPSA) is 52.6 Å². The zero-order chi connectivity index (χ0) is 13.7. The number of carbonyl (C=O) groups excluding carboxylic acids is 1. The van der Waals surface area contributed by atoms with Gasteiger partial charge in [0.1, 0.15) is 0 Å². The maximum Gasteiger partial charge on any atom is 0.317 e. The number of nitrogens with one attached hydrogen (secondary N) is 1. The highest BCUT2D eigenvalue weighted by molar-refractivity contribution is 7.12. The SMILES string of the molecule is CCc1sc(C(C)NC(=O)N(C)CCO)cc1C. The molecule has 0 saturated carbocycles. The molecule has 2 amide bonds. The van der Waals surface area contributed by atoms with Gasteiger partial charge in [-0.2, -0.15) is 0 Å². The molecular formula is C13H22N2O2S. The number of amides is 2. The average Bonchev–Trinajstić information content (AvgIpc) is 2.70. The molecule has 18 heavy (non-hydrogen) atoms. The van der Waals surface area contributed by atoms with Gasteiger partial charge in [0.15, 0.2) is 0 Å². The average molecular weight is 270 g/mol. The Bertz CT molecular complexity index is 404. The lowest BCUT2D eigenvalue weighted by Crippen LogP contribution is -2.39. The minimum absolute atomic E-state index is 0.00245. The van der Waals surface area contributed by atoms with E-state index in [-0.39, 0.29) is 18.7 Å². The molecule has 0 saturated heterocycles. The van der Waals surface area contributed by atoms with Crippen molar-refractivity contribution in [2.45, 2.75) is 33.2 Å². The molecule has 2 N–H and O–H groups in total. The number of thiophene rings is 1. The first-order chi connectivity index (χ1) is 8.49. The first-order valence-corrected chi connectivity index (χ1v) is 7.02. The van der Waals surface area contributed by atoms with Gasteiger partial charge in [-0.25, -0.2) is 4.79 Å². The quantitative estimate of drug-likeness (QED) is 0.862. The first kappa shape index (κ1) is 15.0. The molecule has 5 heteroatoms. The van der Waals surface area contributed by atoms with Crippen LogP contribution in [0.2, 0.25) is 0 Å². The van der Waals surface area contributed by atoms with Crippen molar-refractivity contribution in [2.75, 3.05) is 20.2 Å². The van der Waals surface area contributed by atoms with Crippen molar-refractivity contribution >= 4 is 17.4 Å². The van der Waals surface area contributed by atoms with E-state index in [1.165, 1.54) is 20.2 Å². The van der Waals surface area contributed by atoms with Crippen LogP contribution in [-0.2, 0) is 6.42 Å². The van der Waals surface area contributed by atoms with Gasteiger partial charge in [0.2, 0.25) is 0 Å². The maximum atomic E-state index is 11.8. The van der Waals surface area contributed by atoms with Crippen LogP contribution in [0.1, 0.15) is 35.2 Å². The van der Waals surface area contributed by atoms with E-state index in [4.69, 9.17) is 5.11 Å². The number of likely N-dealkylation sites (N-methyl/N-ethyl adjacent to an activating group) is 1. The predicted octanol–water partition coefficient (Wildman–Crippen LogP) is 2.31. The predicted molar refractivity (Wildman–Crippen MR) is 75.1 cm³/mol. The van der Waals surface area contributed by atoms with Gasteiger partial charge in [-0.3, -0.25) is 0 Å². The fraction of sp³-hybridized carbons (Fsp3) is 0.615. The van der Waals surface area contributed by atoms with Crippen LogP contribution in [-0.4, -0.2) is 36.2 Å². The summed E-state index contributed by atoms with van der Waals surface area (Å²) in [5.74, 6) is 0. The van der Waals surface area contributed by atoms with E-state index in [2.05, 4.69) is 25.2 Å². The number of carbonyl (C=O) groups is 1. The van der Waals surface area contributed by atoms with Crippen LogP contribution in [0, 0.1) is 6.92 Å². The van der Waals surface area contributed by atoms with Crippen LogP contribution in [0.4, 0.5) is 4.79 Å². The lowest BCUT2D eigenvalue weighted by atomic mass is 10.2. The van der Waals surface area contributed by atoms with Crippen molar-refractivity contribution in [1.29, 1.82) is 0 Å². The highest BCUT2D eigenvalue weighted by Gasteiger charge is 2.15. The van der Waals surface area contributed by atoms with Gasteiger partial charge in [-0.1, -0.05) is 6.92 Å². The van der Waals surface area contributed by atoms with Gasteiger partial charge in [-0.15, -0.1) is 11.3 Å². The van der Waals surface area contributed by atoms with Gasteiger partial charge >= 0.3 is 6.03 Å². The third-order valence-corrected chi connectivity index (χ3v) is 4.47. The van der Waals surface area contributed by atoms with E-state index < -0.39 is 0 Å². The molecule has 1 atom stereocenters. The molecule has 0 aliphatic rings. The summed E-state index contributed by atoms with van der Waals surface area (Å²) >= 11 is 1.75. The maximum absolute atomic E-state index is 11.8. The van der Waals surface area contributed by atoms with E-state index >= 15 is 0 Å². The number of hydrogen-bond donors (Lipinski definition) is 2. The summed E-state index contributed by atoms with van der Waals surface area (Å²) in [5.41, 5.74) is 1.29. The Labute approximate surface area is 113 Å². The Hall–Kier alpha value is -1.07. The third kappa shape index (κ3) is 3.71. The highest BCUT2D eigenvalue weighted by atomic mass is 32.1. The molecular weight excluding hydrogens is 248 g/mol. The van der Waals surface area contributed by atoms with Crippen molar-refractivity contribution in [3.05, 3.63) is 21.4 Å². The van der Waals surface area contributed by atoms with E-state index in [0.29, 0.717) is 6.54 Å². The number of urea groups is 1. The van der Waals surface area contributed by atoms with Gasteiger partial charge in [-0.05, 0) is 31.9 Å². The first-order valence-electron chi connectivity index (χ1n) is 6.21. The summed E-state index contributed by atoms with van der Waals surface area (Å²) < 4.78 is 0. The highest BCUT2D eigenvalue weighted by Crippen LogP contribution is 2.27. The second kappa shape index (κ2) is 6.75. The molecule has 0 aliphatic carbocycles. The summed E-state index contributed by atoms with van der Waals surface area (Å²) in [6, 6.07) is 1.99. The third-order valence-electron chi connectivity index (χ3n) is 2.91. The molecule has 102 valence electrons. The Morgan fingerprint density at radius 2 is 2.28 bits per heavy atom. The van der Waals surface area contributed by atoms with Crippen molar-refractivity contribution in [2.24, 2.45) is 0 Å². The summed E-state index contributed by atoms with van der Waals surface area (Å²) in [6.07, 6.45) is 1.03. The number of aryl methyl sites for hydroxylation is 2. The second-order valence-electron chi connectivity index (χ2n) is 4.42. The molecule has 1 unspecified atom stereocenters. The number of aliphatic hydroxyl groups excluding tert-OH is 1. The largest absolute Gasteiger partial charge is 0.395 e. The van der Waals surface area contributed by atoms with Crippen LogP contribution in [0.3, 0.4) is 0 Å². The zero-order valence-corrected chi connectivity index (χ0v) is 12.3. The van der Waals surface area contributed by atoms with E-state index in [1.807, 2.05) is 6.92 Å². The Morgan fingerprint density at radius 1 is 1.61 bits per heavy atom. The molecule has 1 aromatic heterocycles. The van der Waals surface area contributed by atoms with Crippen LogP contribution in [0.5, 0.6) is 0 Å². The molecule has 4 nitrogen and oxygen atoms in total. The molecule has 0 bridgehead atoms. The number of nitrogens with zero attached hydrogens (tertiary/aromatic N) is 1. The second-order valence-corrected chi connectivity index (χ2v) is 5.59. The van der Waals surface area contributed by atoms with E-state index in [0.717, 1.165) is 6.42 Å². The molecule has 0 fully saturated rings. The van der Waals surface area contributed by atoms with Gasteiger partial charge in [0, 0.05) is 23.3 Å². The lowest BCUT2D eigenvalue weighted by molar-refractivity contribution is 0.188. The molecule has 0 spiro atoms. The molecule has 0 radical (unpaired) electrons. The molecule has 1 aromatic rings. The van der Waals surface area contributed by atoms with Crippen LogP contribution in [0.15, 0.2) is 6.07 Å². The van der Waals surface area contributed by atoms with Crippen LogP contribution < -0.4 is 5.32 Å². The number of hydrogen-bond acceptors (Lipinski definition) is 3. The standard InChI is InChI=1S/C13H22N2O2S/c1-5-11-9(2)8-12(18-11)10(3)14-13(17)15(4)6-7-16/h8,10,16H,5-7H2,1-4H3,(H,14,17). The van der Waals surface area contributed by atoms with Crippen LogP contribution in [0.25, 0.3) is 0 Å². The Balaban J connectivity index is 2.64. The molecule has 1 rings (SSSR count). The van der Waals surface area contributed by atoms with E-state index in [1.54, 1.807) is 18.4 Å².